The van der Waals surface area contributed by atoms with E-state index in [1.165, 1.54) is 0 Å². The van der Waals surface area contributed by atoms with Crippen molar-refractivity contribution in [1.29, 1.82) is 0 Å². The first kappa shape index (κ1) is 16.0. The number of ether oxygens (including phenoxy) is 1. The predicted octanol–water partition coefficient (Wildman–Crippen LogP) is 1.40. The lowest BCUT2D eigenvalue weighted by molar-refractivity contribution is 0.0991. The third-order valence-electron chi connectivity index (χ3n) is 3.13. The van der Waals surface area contributed by atoms with Gasteiger partial charge in [-0.2, -0.15) is 0 Å². The van der Waals surface area contributed by atoms with E-state index < -0.39 is 6.10 Å². The summed E-state index contributed by atoms with van der Waals surface area (Å²) in [6.07, 6.45) is 0.252. The van der Waals surface area contributed by atoms with E-state index in [0.29, 0.717) is 6.54 Å². The van der Waals surface area contributed by atoms with Gasteiger partial charge in [-0.1, -0.05) is 19.1 Å². The molecule has 2 atom stereocenters. The van der Waals surface area contributed by atoms with E-state index in [9.17, 15) is 5.11 Å². The van der Waals surface area contributed by atoms with Crippen LogP contribution < -0.4 is 10.1 Å². The monoisotopic (exact) mass is 267 g/mol. The van der Waals surface area contributed by atoms with Gasteiger partial charge in [-0.25, -0.2) is 0 Å². The summed E-state index contributed by atoms with van der Waals surface area (Å²) in [6, 6.07) is 6.05. The van der Waals surface area contributed by atoms with Crippen molar-refractivity contribution < 1.29 is 14.9 Å². The van der Waals surface area contributed by atoms with Crippen LogP contribution in [-0.4, -0.2) is 42.1 Å². The van der Waals surface area contributed by atoms with Crippen molar-refractivity contribution >= 4 is 0 Å². The smallest absolute Gasteiger partial charge is 0.122 e. The molecule has 0 aliphatic carbocycles. The second kappa shape index (κ2) is 8.15. The summed E-state index contributed by atoms with van der Waals surface area (Å²) in [5.74, 6) is 0.813. The van der Waals surface area contributed by atoms with Gasteiger partial charge in [0.25, 0.3) is 0 Å². The zero-order valence-electron chi connectivity index (χ0n) is 12.0. The van der Waals surface area contributed by atoms with Crippen LogP contribution in [0.1, 0.15) is 24.5 Å². The molecule has 0 spiro atoms. The highest BCUT2D eigenvalue weighted by Crippen LogP contribution is 2.19. The van der Waals surface area contributed by atoms with Gasteiger partial charge in [0.15, 0.2) is 0 Å². The standard InChI is InChI=1S/C15H25NO3/c1-4-13(9-17)16-8-14(18)10-19-15-7-11(2)5-6-12(15)3/h5-7,13-14,16-18H,4,8-10H2,1-3H3. The Kier molecular flexibility index (Phi) is 6.84. The molecule has 0 fully saturated rings. The van der Waals surface area contributed by atoms with Crippen molar-refractivity contribution in [1.82, 2.24) is 5.32 Å². The SMILES string of the molecule is CCC(CO)NCC(O)COc1cc(C)ccc1C. The Morgan fingerprint density at radius 3 is 2.68 bits per heavy atom. The van der Waals surface area contributed by atoms with E-state index in [-0.39, 0.29) is 19.3 Å². The van der Waals surface area contributed by atoms with Crippen LogP contribution in [0.15, 0.2) is 18.2 Å². The lowest BCUT2D eigenvalue weighted by Gasteiger charge is -2.18. The molecule has 0 radical (unpaired) electrons. The largest absolute Gasteiger partial charge is 0.491 e. The van der Waals surface area contributed by atoms with Crippen LogP contribution in [0.2, 0.25) is 0 Å². The number of hydrogen-bond acceptors (Lipinski definition) is 4. The summed E-state index contributed by atoms with van der Waals surface area (Å²) in [5, 5.41) is 22.0. The predicted molar refractivity (Wildman–Crippen MR) is 76.6 cm³/mol. The Bertz CT molecular complexity index is 378. The highest BCUT2D eigenvalue weighted by molar-refractivity contribution is 5.35. The molecule has 1 aromatic rings. The number of benzene rings is 1. The minimum atomic E-state index is -0.583. The molecule has 4 nitrogen and oxygen atoms in total. The highest BCUT2D eigenvalue weighted by atomic mass is 16.5. The van der Waals surface area contributed by atoms with Gasteiger partial charge in [-0.15, -0.1) is 0 Å². The second-order valence-corrected chi connectivity index (χ2v) is 4.93. The molecule has 3 N–H and O–H groups in total. The van der Waals surface area contributed by atoms with Crippen molar-refractivity contribution in [3.63, 3.8) is 0 Å². The van der Waals surface area contributed by atoms with Crippen LogP contribution in [0.25, 0.3) is 0 Å². The molecule has 0 aliphatic heterocycles. The van der Waals surface area contributed by atoms with Crippen molar-refractivity contribution in [3.05, 3.63) is 29.3 Å². The van der Waals surface area contributed by atoms with Gasteiger partial charge < -0.3 is 20.3 Å². The fraction of sp³-hybridized carbons (Fsp3) is 0.600. The molecular formula is C15H25NO3. The minimum absolute atomic E-state index is 0.0374. The lowest BCUT2D eigenvalue weighted by atomic mass is 10.1. The van der Waals surface area contributed by atoms with E-state index in [0.717, 1.165) is 23.3 Å². The highest BCUT2D eigenvalue weighted by Gasteiger charge is 2.10. The van der Waals surface area contributed by atoms with Gasteiger partial charge in [0, 0.05) is 12.6 Å². The molecule has 19 heavy (non-hydrogen) atoms. The number of aliphatic hydroxyl groups excluding tert-OH is 2. The van der Waals surface area contributed by atoms with Crippen LogP contribution in [-0.2, 0) is 0 Å². The van der Waals surface area contributed by atoms with Crippen LogP contribution in [0, 0.1) is 13.8 Å². The van der Waals surface area contributed by atoms with Crippen molar-refractivity contribution in [2.75, 3.05) is 19.8 Å². The van der Waals surface area contributed by atoms with E-state index in [4.69, 9.17) is 9.84 Å². The molecule has 2 unspecified atom stereocenters. The molecule has 0 aliphatic rings. The van der Waals surface area contributed by atoms with Crippen molar-refractivity contribution in [3.8, 4) is 5.75 Å². The first-order valence-corrected chi connectivity index (χ1v) is 6.79. The summed E-state index contributed by atoms with van der Waals surface area (Å²) in [4.78, 5) is 0. The fourth-order valence-electron chi connectivity index (χ4n) is 1.75. The van der Waals surface area contributed by atoms with Crippen LogP contribution in [0.3, 0.4) is 0 Å². The Morgan fingerprint density at radius 1 is 1.32 bits per heavy atom. The Labute approximate surface area is 115 Å². The quantitative estimate of drug-likeness (QED) is 0.666. The molecule has 4 heteroatoms. The molecule has 0 bridgehead atoms. The van der Waals surface area contributed by atoms with Gasteiger partial charge >= 0.3 is 0 Å². The van der Waals surface area contributed by atoms with Crippen LogP contribution in [0.4, 0.5) is 0 Å². The van der Waals surface area contributed by atoms with Gasteiger partial charge in [-0.05, 0) is 37.5 Å². The zero-order valence-corrected chi connectivity index (χ0v) is 12.0. The van der Waals surface area contributed by atoms with Crippen molar-refractivity contribution in [2.24, 2.45) is 0 Å². The molecule has 0 heterocycles. The summed E-state index contributed by atoms with van der Waals surface area (Å²) in [5.41, 5.74) is 2.20. The number of aryl methyl sites for hydroxylation is 2. The molecule has 1 aromatic carbocycles. The summed E-state index contributed by atoms with van der Waals surface area (Å²) in [7, 11) is 0. The fourth-order valence-corrected chi connectivity index (χ4v) is 1.75. The van der Waals surface area contributed by atoms with Gasteiger partial charge in [0.2, 0.25) is 0 Å². The van der Waals surface area contributed by atoms with Crippen molar-refractivity contribution in [2.45, 2.75) is 39.3 Å². The second-order valence-electron chi connectivity index (χ2n) is 4.93. The van der Waals surface area contributed by atoms with Gasteiger partial charge in [-0.3, -0.25) is 0 Å². The maximum absolute atomic E-state index is 9.84. The summed E-state index contributed by atoms with van der Waals surface area (Å²) < 4.78 is 5.63. The Morgan fingerprint density at radius 2 is 2.05 bits per heavy atom. The number of aliphatic hydroxyl groups is 2. The molecule has 1 rings (SSSR count). The third kappa shape index (κ3) is 5.59. The third-order valence-corrected chi connectivity index (χ3v) is 3.13. The maximum Gasteiger partial charge on any atom is 0.122 e. The minimum Gasteiger partial charge on any atom is -0.491 e. The summed E-state index contributed by atoms with van der Waals surface area (Å²) in [6.45, 7) is 6.74. The normalized spacial score (nSPS) is 14.2. The lowest BCUT2D eigenvalue weighted by Crippen LogP contribution is -2.39. The Balaban J connectivity index is 2.37. The van der Waals surface area contributed by atoms with Crippen LogP contribution >= 0.6 is 0 Å². The molecule has 0 aromatic heterocycles. The summed E-state index contributed by atoms with van der Waals surface area (Å²) >= 11 is 0. The first-order chi connectivity index (χ1) is 9.06. The molecule has 108 valence electrons. The van der Waals surface area contributed by atoms with E-state index >= 15 is 0 Å². The van der Waals surface area contributed by atoms with E-state index in [2.05, 4.69) is 5.32 Å². The number of hydrogen-bond donors (Lipinski definition) is 3. The molecule has 0 saturated heterocycles. The zero-order chi connectivity index (χ0) is 14.3. The average Bonchev–Trinajstić information content (AvgIpc) is 2.41. The van der Waals surface area contributed by atoms with E-state index in [1.807, 2.05) is 39.0 Å². The molecular weight excluding hydrogens is 242 g/mol. The maximum atomic E-state index is 9.84. The number of nitrogens with one attached hydrogen (secondary N) is 1. The van der Waals surface area contributed by atoms with Gasteiger partial charge in [0.05, 0.1) is 6.61 Å². The van der Waals surface area contributed by atoms with Crippen LogP contribution in [0.5, 0.6) is 5.75 Å². The topological polar surface area (TPSA) is 61.7 Å². The molecule has 0 amide bonds. The Hall–Kier alpha value is -1.10. The molecule has 0 saturated carbocycles. The first-order valence-electron chi connectivity index (χ1n) is 6.79. The van der Waals surface area contributed by atoms with Gasteiger partial charge in [0.1, 0.15) is 18.5 Å². The average molecular weight is 267 g/mol. The van der Waals surface area contributed by atoms with E-state index in [1.54, 1.807) is 0 Å². The number of rotatable bonds is 8.